The SMILES string of the molecule is CS(=O)(=O)N1CCCC(C(=O)Nc2ccccc2C(=O)NCC2CCCO2)C1. The van der Waals surface area contributed by atoms with Crippen LogP contribution in [0.5, 0.6) is 0 Å². The lowest BCUT2D eigenvalue weighted by atomic mass is 9.98. The molecule has 1 aromatic rings. The Morgan fingerprint density at radius 1 is 1.21 bits per heavy atom. The van der Waals surface area contributed by atoms with Gasteiger partial charge in [-0.05, 0) is 37.8 Å². The molecule has 2 heterocycles. The summed E-state index contributed by atoms with van der Waals surface area (Å²) < 4.78 is 30.4. The van der Waals surface area contributed by atoms with Gasteiger partial charge in [-0.3, -0.25) is 9.59 Å². The molecule has 9 heteroatoms. The third kappa shape index (κ3) is 5.30. The van der Waals surface area contributed by atoms with Crippen LogP contribution in [0.25, 0.3) is 0 Å². The highest BCUT2D eigenvalue weighted by Gasteiger charge is 2.30. The second kappa shape index (κ2) is 9.02. The highest BCUT2D eigenvalue weighted by Crippen LogP contribution is 2.22. The number of carbonyl (C=O) groups excluding carboxylic acids is 2. The predicted octanol–water partition coefficient (Wildman–Crippen LogP) is 1.21. The van der Waals surface area contributed by atoms with Crippen molar-refractivity contribution >= 4 is 27.5 Å². The number of benzene rings is 1. The lowest BCUT2D eigenvalue weighted by Crippen LogP contribution is -2.43. The molecule has 3 rings (SSSR count). The van der Waals surface area contributed by atoms with Crippen molar-refractivity contribution < 1.29 is 22.7 Å². The van der Waals surface area contributed by atoms with Gasteiger partial charge in [0.15, 0.2) is 0 Å². The molecule has 0 aromatic heterocycles. The van der Waals surface area contributed by atoms with Crippen molar-refractivity contribution in [2.75, 3.05) is 37.8 Å². The summed E-state index contributed by atoms with van der Waals surface area (Å²) in [7, 11) is -3.32. The van der Waals surface area contributed by atoms with E-state index < -0.39 is 15.9 Å². The number of para-hydroxylation sites is 1. The molecular formula is C19H27N3O5S. The summed E-state index contributed by atoms with van der Waals surface area (Å²) in [6, 6.07) is 6.82. The standard InChI is InChI=1S/C19H27N3O5S/c1-28(25,26)22-10-4-6-14(13-22)18(23)21-17-9-3-2-8-16(17)19(24)20-12-15-7-5-11-27-15/h2-3,8-9,14-15H,4-7,10-13H2,1H3,(H,20,24)(H,21,23). The monoisotopic (exact) mass is 409 g/mol. The Labute approximate surface area is 165 Å². The molecule has 0 aliphatic carbocycles. The summed E-state index contributed by atoms with van der Waals surface area (Å²) in [5, 5.41) is 5.67. The summed E-state index contributed by atoms with van der Waals surface area (Å²) in [6.45, 7) is 1.76. The highest BCUT2D eigenvalue weighted by molar-refractivity contribution is 7.88. The first-order valence-corrected chi connectivity index (χ1v) is 11.4. The van der Waals surface area contributed by atoms with Gasteiger partial charge in [-0.2, -0.15) is 0 Å². The Balaban J connectivity index is 1.63. The lowest BCUT2D eigenvalue weighted by molar-refractivity contribution is -0.120. The summed E-state index contributed by atoms with van der Waals surface area (Å²) in [4.78, 5) is 25.3. The van der Waals surface area contributed by atoms with Crippen LogP contribution >= 0.6 is 0 Å². The topological polar surface area (TPSA) is 105 Å². The minimum Gasteiger partial charge on any atom is -0.376 e. The van der Waals surface area contributed by atoms with Gasteiger partial charge in [0.05, 0.1) is 29.5 Å². The van der Waals surface area contributed by atoms with Gasteiger partial charge in [-0.15, -0.1) is 0 Å². The second-order valence-corrected chi connectivity index (χ2v) is 9.32. The van der Waals surface area contributed by atoms with Crippen LogP contribution in [-0.2, 0) is 19.6 Å². The zero-order valence-electron chi connectivity index (χ0n) is 16.0. The number of anilines is 1. The molecule has 1 aromatic carbocycles. The Morgan fingerprint density at radius 2 is 2.00 bits per heavy atom. The molecule has 154 valence electrons. The number of hydrogen-bond donors (Lipinski definition) is 2. The van der Waals surface area contributed by atoms with E-state index in [1.807, 2.05) is 0 Å². The van der Waals surface area contributed by atoms with Crippen LogP contribution in [0, 0.1) is 5.92 Å². The van der Waals surface area contributed by atoms with Crippen LogP contribution in [0.4, 0.5) is 5.69 Å². The van der Waals surface area contributed by atoms with E-state index in [0.29, 0.717) is 37.2 Å². The molecule has 0 saturated carbocycles. The molecule has 2 aliphatic rings. The van der Waals surface area contributed by atoms with Gasteiger partial charge in [0.2, 0.25) is 15.9 Å². The highest BCUT2D eigenvalue weighted by atomic mass is 32.2. The molecule has 2 unspecified atom stereocenters. The molecule has 2 aliphatic heterocycles. The van der Waals surface area contributed by atoms with E-state index in [2.05, 4.69) is 10.6 Å². The molecule has 8 nitrogen and oxygen atoms in total. The maximum Gasteiger partial charge on any atom is 0.253 e. The van der Waals surface area contributed by atoms with Gasteiger partial charge < -0.3 is 15.4 Å². The van der Waals surface area contributed by atoms with E-state index in [9.17, 15) is 18.0 Å². The van der Waals surface area contributed by atoms with E-state index in [4.69, 9.17) is 4.74 Å². The molecule has 0 bridgehead atoms. The zero-order valence-corrected chi connectivity index (χ0v) is 16.8. The van der Waals surface area contributed by atoms with Crippen molar-refractivity contribution in [3.63, 3.8) is 0 Å². The Kier molecular flexibility index (Phi) is 6.69. The Hall–Kier alpha value is -1.97. The van der Waals surface area contributed by atoms with Crippen LogP contribution in [0.2, 0.25) is 0 Å². The molecule has 2 amide bonds. The fraction of sp³-hybridized carbons (Fsp3) is 0.579. The van der Waals surface area contributed by atoms with Crippen molar-refractivity contribution in [3.8, 4) is 0 Å². The van der Waals surface area contributed by atoms with Gasteiger partial charge in [0, 0.05) is 26.2 Å². The van der Waals surface area contributed by atoms with Gasteiger partial charge in [-0.25, -0.2) is 12.7 Å². The normalized spacial score (nSPS) is 23.3. The summed E-state index contributed by atoms with van der Waals surface area (Å²) in [6.07, 6.45) is 4.37. The van der Waals surface area contributed by atoms with Crippen LogP contribution < -0.4 is 10.6 Å². The molecular weight excluding hydrogens is 382 g/mol. The lowest BCUT2D eigenvalue weighted by Gasteiger charge is -2.30. The van der Waals surface area contributed by atoms with Crippen molar-refractivity contribution in [3.05, 3.63) is 29.8 Å². The summed E-state index contributed by atoms with van der Waals surface area (Å²) >= 11 is 0. The molecule has 28 heavy (non-hydrogen) atoms. The van der Waals surface area contributed by atoms with Gasteiger partial charge in [0.25, 0.3) is 5.91 Å². The van der Waals surface area contributed by atoms with Crippen LogP contribution in [0.15, 0.2) is 24.3 Å². The van der Waals surface area contributed by atoms with E-state index >= 15 is 0 Å². The first-order chi connectivity index (χ1) is 13.3. The molecule has 0 spiro atoms. The van der Waals surface area contributed by atoms with Crippen molar-refractivity contribution in [2.24, 2.45) is 5.92 Å². The average Bonchev–Trinajstić information content (AvgIpc) is 3.19. The number of carbonyl (C=O) groups is 2. The maximum atomic E-state index is 12.7. The maximum absolute atomic E-state index is 12.7. The number of hydrogen-bond acceptors (Lipinski definition) is 5. The quantitative estimate of drug-likeness (QED) is 0.735. The number of nitrogens with one attached hydrogen (secondary N) is 2. The van der Waals surface area contributed by atoms with E-state index in [1.165, 1.54) is 4.31 Å². The molecule has 2 atom stereocenters. The number of rotatable bonds is 6. The fourth-order valence-corrected chi connectivity index (χ4v) is 4.50. The van der Waals surface area contributed by atoms with Crippen LogP contribution in [-0.4, -0.2) is 63.1 Å². The van der Waals surface area contributed by atoms with Gasteiger partial charge >= 0.3 is 0 Å². The van der Waals surface area contributed by atoms with E-state index in [0.717, 1.165) is 25.7 Å². The van der Waals surface area contributed by atoms with Crippen molar-refractivity contribution in [2.45, 2.75) is 31.8 Å². The Bertz CT molecular complexity index is 821. The third-order valence-electron chi connectivity index (χ3n) is 5.17. The zero-order chi connectivity index (χ0) is 20.1. The minimum absolute atomic E-state index is 0.0370. The molecule has 2 N–H and O–H groups in total. The first kappa shape index (κ1) is 20.8. The second-order valence-electron chi connectivity index (χ2n) is 7.34. The van der Waals surface area contributed by atoms with E-state index in [-0.39, 0.29) is 24.5 Å². The minimum atomic E-state index is -3.32. The number of piperidine rings is 1. The van der Waals surface area contributed by atoms with Gasteiger partial charge in [-0.1, -0.05) is 12.1 Å². The number of amides is 2. The van der Waals surface area contributed by atoms with E-state index in [1.54, 1.807) is 24.3 Å². The number of ether oxygens (including phenoxy) is 1. The molecule has 2 fully saturated rings. The first-order valence-electron chi connectivity index (χ1n) is 9.59. The van der Waals surface area contributed by atoms with Crippen molar-refractivity contribution in [1.82, 2.24) is 9.62 Å². The number of sulfonamides is 1. The van der Waals surface area contributed by atoms with Crippen molar-refractivity contribution in [1.29, 1.82) is 0 Å². The summed E-state index contributed by atoms with van der Waals surface area (Å²) in [5.41, 5.74) is 0.804. The molecule has 2 saturated heterocycles. The number of nitrogens with zero attached hydrogens (tertiary/aromatic N) is 1. The van der Waals surface area contributed by atoms with Gasteiger partial charge in [0.1, 0.15) is 0 Å². The average molecular weight is 410 g/mol. The molecule has 0 radical (unpaired) electrons. The largest absolute Gasteiger partial charge is 0.376 e. The smallest absolute Gasteiger partial charge is 0.253 e. The third-order valence-corrected chi connectivity index (χ3v) is 6.44. The fourth-order valence-electron chi connectivity index (χ4n) is 3.59. The predicted molar refractivity (Wildman–Crippen MR) is 106 cm³/mol. The van der Waals surface area contributed by atoms with Crippen LogP contribution in [0.1, 0.15) is 36.0 Å². The summed E-state index contributed by atoms with van der Waals surface area (Å²) in [5.74, 6) is -0.980. The Morgan fingerprint density at radius 3 is 2.71 bits per heavy atom. The van der Waals surface area contributed by atoms with Crippen LogP contribution in [0.3, 0.4) is 0 Å².